The Morgan fingerprint density at radius 3 is 2.46 bits per heavy atom. The van der Waals surface area contributed by atoms with Gasteiger partial charge in [-0.15, -0.1) is 0 Å². The summed E-state index contributed by atoms with van der Waals surface area (Å²) in [6.07, 6.45) is 6.45. The number of hydrogen-bond acceptors (Lipinski definition) is 6. The van der Waals surface area contributed by atoms with Gasteiger partial charge in [0.05, 0.1) is 11.1 Å². The molecule has 8 heteroatoms. The molecule has 4 aromatic rings. The van der Waals surface area contributed by atoms with Crippen LogP contribution >= 0.6 is 0 Å². The molecular formula is C31H33N5O2S. The van der Waals surface area contributed by atoms with E-state index in [1.165, 1.54) is 11.0 Å². The molecular weight excluding hydrogens is 506 g/mol. The number of nitrogens with zero attached hydrogens (tertiary/aromatic N) is 2. The Kier molecular flexibility index (Phi) is 8.34. The van der Waals surface area contributed by atoms with E-state index in [4.69, 9.17) is 4.98 Å². The highest BCUT2D eigenvalue weighted by Crippen LogP contribution is 2.42. The van der Waals surface area contributed by atoms with Gasteiger partial charge in [0, 0.05) is 29.9 Å². The number of unbranched alkanes of at least 4 members (excludes halogenated alkanes) is 1. The second-order valence-electron chi connectivity index (χ2n) is 9.63. The minimum atomic E-state index is -3.63. The molecule has 1 aliphatic rings. The Morgan fingerprint density at radius 1 is 0.923 bits per heavy atom. The first-order valence-electron chi connectivity index (χ1n) is 13.2. The van der Waals surface area contributed by atoms with Gasteiger partial charge in [-0.1, -0.05) is 66.7 Å². The fourth-order valence-electron chi connectivity index (χ4n) is 4.86. The number of aromatic nitrogens is 2. The maximum Gasteiger partial charge on any atom is 0.255 e. The number of sulfonamides is 1. The zero-order valence-corrected chi connectivity index (χ0v) is 22.8. The number of rotatable bonds is 11. The van der Waals surface area contributed by atoms with Crippen molar-refractivity contribution in [1.29, 1.82) is 0 Å². The molecule has 7 nitrogen and oxygen atoms in total. The van der Waals surface area contributed by atoms with Crippen molar-refractivity contribution in [3.63, 3.8) is 0 Å². The molecule has 0 fully saturated rings. The number of benzene rings is 3. The number of nitrogens with one attached hydrogen (secondary N) is 3. The van der Waals surface area contributed by atoms with Crippen LogP contribution in [-0.4, -0.2) is 38.5 Å². The summed E-state index contributed by atoms with van der Waals surface area (Å²) in [5, 5.41) is 7.72. The first kappa shape index (κ1) is 26.6. The number of fused-ring (bicyclic) bond motifs is 3. The summed E-state index contributed by atoms with van der Waals surface area (Å²) in [6.45, 7) is 1.84. The van der Waals surface area contributed by atoms with Crippen molar-refractivity contribution in [3.8, 4) is 11.3 Å². The minimum Gasteiger partial charge on any atom is -0.354 e. The van der Waals surface area contributed by atoms with Crippen LogP contribution in [0.1, 0.15) is 41.0 Å². The van der Waals surface area contributed by atoms with Crippen LogP contribution in [0.4, 0.5) is 11.6 Å². The van der Waals surface area contributed by atoms with Crippen molar-refractivity contribution >= 4 is 27.7 Å². The predicted molar refractivity (Wildman–Crippen MR) is 159 cm³/mol. The lowest BCUT2D eigenvalue weighted by Crippen LogP contribution is -2.16. The smallest absolute Gasteiger partial charge is 0.255 e. The molecule has 0 saturated heterocycles. The Morgan fingerprint density at radius 2 is 1.67 bits per heavy atom. The summed E-state index contributed by atoms with van der Waals surface area (Å²) >= 11 is 0. The van der Waals surface area contributed by atoms with E-state index >= 15 is 0 Å². The zero-order chi connectivity index (χ0) is 27.1. The molecule has 0 saturated carbocycles. The Balaban J connectivity index is 1.31. The molecule has 200 valence electrons. The van der Waals surface area contributed by atoms with E-state index in [9.17, 15) is 8.42 Å². The summed E-state index contributed by atoms with van der Waals surface area (Å²) in [5.41, 5.74) is 6.87. The van der Waals surface area contributed by atoms with Gasteiger partial charge in [-0.3, -0.25) is 4.72 Å². The number of anilines is 2. The van der Waals surface area contributed by atoms with E-state index in [-0.39, 0.29) is 5.92 Å². The SMILES string of the molecule is CNCCCCNc1ncc2c(n1)-c1ccccc1C(c1ccc(NS(=O)(=O)/C=C/c3ccccc3)cc1)C2. The third-order valence-electron chi connectivity index (χ3n) is 6.83. The van der Waals surface area contributed by atoms with Gasteiger partial charge in [0.1, 0.15) is 0 Å². The normalized spacial score (nSPS) is 14.5. The van der Waals surface area contributed by atoms with Crippen LogP contribution in [0.3, 0.4) is 0 Å². The molecule has 0 spiro atoms. The van der Waals surface area contributed by atoms with E-state index in [1.54, 1.807) is 6.08 Å². The number of hydrogen-bond donors (Lipinski definition) is 3. The van der Waals surface area contributed by atoms with Gasteiger partial charge in [0.25, 0.3) is 10.0 Å². The fraction of sp³-hybridized carbons (Fsp3) is 0.226. The van der Waals surface area contributed by atoms with Crippen LogP contribution in [0, 0.1) is 0 Å². The average Bonchev–Trinajstić information content (AvgIpc) is 2.96. The van der Waals surface area contributed by atoms with E-state index in [1.807, 2.05) is 73.9 Å². The van der Waals surface area contributed by atoms with Gasteiger partial charge < -0.3 is 10.6 Å². The highest BCUT2D eigenvalue weighted by Gasteiger charge is 2.27. The van der Waals surface area contributed by atoms with E-state index in [2.05, 4.69) is 38.5 Å². The van der Waals surface area contributed by atoms with Crippen molar-refractivity contribution in [1.82, 2.24) is 15.3 Å². The molecule has 1 atom stereocenters. The maximum absolute atomic E-state index is 12.6. The molecule has 0 amide bonds. The van der Waals surface area contributed by atoms with Crippen LogP contribution in [0.5, 0.6) is 0 Å². The van der Waals surface area contributed by atoms with E-state index in [0.29, 0.717) is 11.6 Å². The Labute approximate surface area is 230 Å². The van der Waals surface area contributed by atoms with Crippen molar-refractivity contribution < 1.29 is 8.42 Å². The Bertz CT molecular complexity index is 1540. The van der Waals surface area contributed by atoms with Gasteiger partial charge in [-0.05, 0) is 73.3 Å². The summed E-state index contributed by atoms with van der Waals surface area (Å²) in [5.74, 6) is 0.783. The standard InChI is InChI=1S/C31H33N5O2S/c1-32-18-7-8-19-33-31-34-22-25-21-29(27-11-5-6-12-28(27)30(25)35-31)24-13-15-26(16-14-24)36-39(37,38)20-17-23-9-3-2-4-10-23/h2-6,9-17,20,22,29,32,36H,7-8,18-19,21H2,1H3,(H,33,34,35)/b20-17+. The zero-order valence-electron chi connectivity index (χ0n) is 22.0. The third-order valence-corrected chi connectivity index (χ3v) is 7.84. The molecule has 39 heavy (non-hydrogen) atoms. The molecule has 0 aliphatic heterocycles. The molecule has 1 aliphatic carbocycles. The monoisotopic (exact) mass is 539 g/mol. The molecule has 3 N–H and O–H groups in total. The average molecular weight is 540 g/mol. The molecule has 1 heterocycles. The van der Waals surface area contributed by atoms with Gasteiger partial charge in [-0.25, -0.2) is 18.4 Å². The molecule has 3 aromatic carbocycles. The maximum atomic E-state index is 12.6. The molecule has 5 rings (SSSR count). The van der Waals surface area contributed by atoms with Crippen molar-refractivity contribution in [3.05, 3.63) is 113 Å². The highest BCUT2D eigenvalue weighted by molar-refractivity contribution is 7.95. The van der Waals surface area contributed by atoms with Crippen LogP contribution < -0.4 is 15.4 Å². The lowest BCUT2D eigenvalue weighted by Gasteiger charge is -2.27. The van der Waals surface area contributed by atoms with Gasteiger partial charge in [-0.2, -0.15) is 0 Å². The largest absolute Gasteiger partial charge is 0.354 e. The van der Waals surface area contributed by atoms with Crippen LogP contribution in [0.25, 0.3) is 17.3 Å². The third kappa shape index (κ3) is 6.71. The van der Waals surface area contributed by atoms with E-state index < -0.39 is 10.0 Å². The minimum absolute atomic E-state index is 0.126. The first-order chi connectivity index (χ1) is 19.0. The summed E-state index contributed by atoms with van der Waals surface area (Å²) in [6, 6.07) is 25.3. The lowest BCUT2D eigenvalue weighted by molar-refractivity contribution is 0.609. The van der Waals surface area contributed by atoms with Crippen molar-refractivity contribution in [2.24, 2.45) is 0 Å². The lowest BCUT2D eigenvalue weighted by atomic mass is 9.78. The summed E-state index contributed by atoms with van der Waals surface area (Å²) in [4.78, 5) is 9.46. The van der Waals surface area contributed by atoms with Crippen LogP contribution in [0.15, 0.2) is 90.5 Å². The summed E-state index contributed by atoms with van der Waals surface area (Å²) in [7, 11) is -1.67. The first-order valence-corrected chi connectivity index (χ1v) is 14.8. The van der Waals surface area contributed by atoms with Crippen LogP contribution in [0.2, 0.25) is 0 Å². The predicted octanol–water partition coefficient (Wildman–Crippen LogP) is 5.66. The quantitative estimate of drug-likeness (QED) is 0.213. The fourth-order valence-corrected chi connectivity index (χ4v) is 5.73. The summed E-state index contributed by atoms with van der Waals surface area (Å²) < 4.78 is 27.8. The van der Waals surface area contributed by atoms with Crippen molar-refractivity contribution in [2.75, 3.05) is 30.2 Å². The van der Waals surface area contributed by atoms with Gasteiger partial charge >= 0.3 is 0 Å². The van der Waals surface area contributed by atoms with E-state index in [0.717, 1.165) is 60.3 Å². The van der Waals surface area contributed by atoms with Crippen LogP contribution in [-0.2, 0) is 16.4 Å². The van der Waals surface area contributed by atoms with Crippen molar-refractivity contribution in [2.45, 2.75) is 25.2 Å². The molecule has 1 unspecified atom stereocenters. The van der Waals surface area contributed by atoms with Gasteiger partial charge in [0.2, 0.25) is 5.95 Å². The molecule has 1 aromatic heterocycles. The van der Waals surface area contributed by atoms with Gasteiger partial charge in [0.15, 0.2) is 0 Å². The highest BCUT2D eigenvalue weighted by atomic mass is 32.2. The topological polar surface area (TPSA) is 96.0 Å². The Hall–Kier alpha value is -4.01. The molecule has 0 bridgehead atoms. The second kappa shape index (κ2) is 12.2. The second-order valence-corrected chi connectivity index (χ2v) is 11.2. The molecule has 0 radical (unpaired) electrons.